The molecule has 0 amide bonds. The summed E-state index contributed by atoms with van der Waals surface area (Å²) in [6.45, 7) is 0. The topological polar surface area (TPSA) is 43.1 Å². The Morgan fingerprint density at radius 1 is 1.21 bits per heavy atom. The van der Waals surface area contributed by atoms with Crippen molar-refractivity contribution in [3.05, 3.63) is 39.9 Å². The SMILES string of the molecule is O=c1c(F)noc2ccc(F)c(F)c12. The molecule has 0 saturated heterocycles. The molecular formula is C8H2F3NO2. The summed E-state index contributed by atoms with van der Waals surface area (Å²) in [6, 6.07) is 1.77. The smallest absolute Gasteiger partial charge is 0.298 e. The van der Waals surface area contributed by atoms with Crippen LogP contribution in [0.25, 0.3) is 11.0 Å². The van der Waals surface area contributed by atoms with Gasteiger partial charge in [0.2, 0.25) is 0 Å². The number of fused-ring (bicyclic) bond motifs is 1. The van der Waals surface area contributed by atoms with E-state index in [9.17, 15) is 18.0 Å². The zero-order chi connectivity index (χ0) is 10.3. The van der Waals surface area contributed by atoms with Crippen LogP contribution in [0.15, 0.2) is 21.5 Å². The number of hydrogen-bond acceptors (Lipinski definition) is 3. The number of nitrogens with zero attached hydrogens (tertiary/aromatic N) is 1. The number of hydrogen-bond donors (Lipinski definition) is 0. The van der Waals surface area contributed by atoms with Crippen molar-refractivity contribution in [1.29, 1.82) is 0 Å². The summed E-state index contributed by atoms with van der Waals surface area (Å²) in [4.78, 5) is 11.0. The van der Waals surface area contributed by atoms with Gasteiger partial charge >= 0.3 is 0 Å². The second-order valence-electron chi connectivity index (χ2n) is 2.54. The highest BCUT2D eigenvalue weighted by molar-refractivity contribution is 5.76. The molecule has 1 aromatic carbocycles. The Labute approximate surface area is 74.7 Å². The van der Waals surface area contributed by atoms with Gasteiger partial charge < -0.3 is 4.52 Å². The van der Waals surface area contributed by atoms with Crippen LogP contribution in [0.3, 0.4) is 0 Å². The van der Waals surface area contributed by atoms with E-state index in [-0.39, 0.29) is 5.58 Å². The minimum Gasteiger partial charge on any atom is -0.353 e. The number of rotatable bonds is 0. The molecule has 6 heteroatoms. The van der Waals surface area contributed by atoms with Gasteiger partial charge in [-0.1, -0.05) is 0 Å². The fourth-order valence-electron chi connectivity index (χ4n) is 1.05. The molecular weight excluding hydrogens is 199 g/mol. The Kier molecular flexibility index (Phi) is 1.77. The van der Waals surface area contributed by atoms with Gasteiger partial charge in [-0.05, 0) is 17.3 Å². The third kappa shape index (κ3) is 1.07. The Balaban J connectivity index is 3.06. The number of benzene rings is 1. The number of halogens is 3. The molecule has 1 heterocycles. The first-order chi connectivity index (χ1) is 6.61. The third-order valence-corrected chi connectivity index (χ3v) is 1.70. The molecule has 72 valence electrons. The van der Waals surface area contributed by atoms with Gasteiger partial charge in [0.25, 0.3) is 11.4 Å². The predicted molar refractivity (Wildman–Crippen MR) is 40.2 cm³/mol. The van der Waals surface area contributed by atoms with Crippen LogP contribution in [0, 0.1) is 17.6 Å². The van der Waals surface area contributed by atoms with Crippen molar-refractivity contribution in [1.82, 2.24) is 5.16 Å². The third-order valence-electron chi connectivity index (χ3n) is 1.70. The highest BCUT2D eigenvalue weighted by Crippen LogP contribution is 2.16. The molecule has 0 aliphatic rings. The van der Waals surface area contributed by atoms with E-state index in [4.69, 9.17) is 0 Å². The van der Waals surface area contributed by atoms with Crippen LogP contribution in [-0.2, 0) is 0 Å². The van der Waals surface area contributed by atoms with Crippen molar-refractivity contribution in [2.75, 3.05) is 0 Å². The van der Waals surface area contributed by atoms with Gasteiger partial charge in [-0.15, -0.1) is 0 Å². The lowest BCUT2D eigenvalue weighted by molar-refractivity contribution is 0.367. The first-order valence-electron chi connectivity index (χ1n) is 3.54. The van der Waals surface area contributed by atoms with Crippen molar-refractivity contribution in [3.63, 3.8) is 0 Å². The minimum atomic E-state index is -1.50. The van der Waals surface area contributed by atoms with Crippen LogP contribution in [0.1, 0.15) is 0 Å². The highest BCUT2D eigenvalue weighted by atomic mass is 19.2. The molecule has 0 aliphatic carbocycles. The molecule has 1 aromatic heterocycles. The van der Waals surface area contributed by atoms with Crippen LogP contribution in [-0.4, -0.2) is 5.16 Å². The van der Waals surface area contributed by atoms with E-state index in [2.05, 4.69) is 9.68 Å². The molecule has 0 N–H and O–H groups in total. The molecule has 0 spiro atoms. The van der Waals surface area contributed by atoms with E-state index in [0.717, 1.165) is 12.1 Å². The summed E-state index contributed by atoms with van der Waals surface area (Å²) in [6.07, 6.45) is 0. The van der Waals surface area contributed by atoms with Crippen molar-refractivity contribution in [2.45, 2.75) is 0 Å². The van der Waals surface area contributed by atoms with Gasteiger partial charge in [0, 0.05) is 0 Å². The molecule has 14 heavy (non-hydrogen) atoms. The van der Waals surface area contributed by atoms with Gasteiger partial charge in [-0.25, -0.2) is 8.78 Å². The van der Waals surface area contributed by atoms with Gasteiger partial charge in [0.15, 0.2) is 17.2 Å². The summed E-state index contributed by atoms with van der Waals surface area (Å²) in [7, 11) is 0. The lowest BCUT2D eigenvalue weighted by atomic mass is 10.2. The zero-order valence-electron chi connectivity index (χ0n) is 6.55. The Morgan fingerprint density at radius 2 is 1.93 bits per heavy atom. The van der Waals surface area contributed by atoms with Crippen LogP contribution in [0.5, 0.6) is 0 Å². The second kappa shape index (κ2) is 2.83. The van der Waals surface area contributed by atoms with E-state index in [0.29, 0.717) is 0 Å². The van der Waals surface area contributed by atoms with Crippen molar-refractivity contribution >= 4 is 11.0 Å². The van der Waals surface area contributed by atoms with Crippen molar-refractivity contribution in [2.24, 2.45) is 0 Å². The molecule has 2 rings (SSSR count). The first-order valence-corrected chi connectivity index (χ1v) is 3.54. The largest absolute Gasteiger partial charge is 0.353 e. The molecule has 0 saturated carbocycles. The molecule has 0 fully saturated rings. The monoisotopic (exact) mass is 201 g/mol. The molecule has 0 aliphatic heterocycles. The van der Waals surface area contributed by atoms with Gasteiger partial charge in [-0.3, -0.25) is 4.79 Å². The Hall–Kier alpha value is -1.85. The maximum atomic E-state index is 13.0. The van der Waals surface area contributed by atoms with Crippen LogP contribution < -0.4 is 5.43 Å². The minimum absolute atomic E-state index is 0.296. The highest BCUT2D eigenvalue weighted by Gasteiger charge is 2.15. The van der Waals surface area contributed by atoms with Crippen LogP contribution in [0.4, 0.5) is 13.2 Å². The van der Waals surface area contributed by atoms with E-state index in [1.54, 1.807) is 0 Å². The quantitative estimate of drug-likeness (QED) is 0.650. The van der Waals surface area contributed by atoms with Gasteiger partial charge in [-0.2, -0.15) is 4.39 Å². The Bertz CT molecular complexity index is 559. The first kappa shape index (κ1) is 8.74. The summed E-state index contributed by atoms with van der Waals surface area (Å²) < 4.78 is 42.6. The maximum absolute atomic E-state index is 13.0. The molecule has 0 unspecified atom stereocenters. The fraction of sp³-hybridized carbons (Fsp3) is 0. The molecule has 0 bridgehead atoms. The van der Waals surface area contributed by atoms with Gasteiger partial charge in [0.05, 0.1) is 0 Å². The Morgan fingerprint density at radius 3 is 2.64 bits per heavy atom. The second-order valence-corrected chi connectivity index (χ2v) is 2.54. The van der Waals surface area contributed by atoms with Gasteiger partial charge in [0.1, 0.15) is 5.39 Å². The molecule has 0 radical (unpaired) electrons. The van der Waals surface area contributed by atoms with E-state index in [1.807, 2.05) is 0 Å². The van der Waals surface area contributed by atoms with E-state index in [1.165, 1.54) is 0 Å². The summed E-state index contributed by atoms with van der Waals surface area (Å²) >= 11 is 0. The summed E-state index contributed by atoms with van der Waals surface area (Å²) in [5.74, 6) is -4.17. The fourth-order valence-corrected chi connectivity index (χ4v) is 1.05. The lowest BCUT2D eigenvalue weighted by Gasteiger charge is -1.96. The summed E-state index contributed by atoms with van der Waals surface area (Å²) in [5, 5.41) is 1.97. The van der Waals surface area contributed by atoms with Crippen molar-refractivity contribution < 1.29 is 17.7 Å². The lowest BCUT2D eigenvalue weighted by Crippen LogP contribution is -2.11. The van der Waals surface area contributed by atoms with Crippen LogP contribution >= 0.6 is 0 Å². The molecule has 2 aromatic rings. The van der Waals surface area contributed by atoms with E-state index < -0.39 is 28.4 Å². The molecule has 0 atom stereocenters. The summed E-state index contributed by atoms with van der Waals surface area (Å²) in [5.41, 5.74) is -1.61. The standard InChI is InChI=1S/C8H2F3NO2/c9-3-1-2-4-5(6(3)10)7(13)8(11)12-14-4/h1-2H. The predicted octanol–water partition coefficient (Wildman–Crippen LogP) is 1.61. The normalized spacial score (nSPS) is 10.8. The maximum Gasteiger partial charge on any atom is 0.298 e. The average molecular weight is 201 g/mol. The van der Waals surface area contributed by atoms with Crippen LogP contribution in [0.2, 0.25) is 0 Å². The van der Waals surface area contributed by atoms with E-state index >= 15 is 0 Å². The number of aromatic nitrogens is 1. The molecule has 3 nitrogen and oxygen atoms in total. The zero-order valence-corrected chi connectivity index (χ0v) is 6.55. The average Bonchev–Trinajstić information content (AvgIpc) is 2.17. The van der Waals surface area contributed by atoms with Crippen molar-refractivity contribution in [3.8, 4) is 0 Å².